The molecule has 0 aromatic heterocycles. The number of hydrogen-bond acceptors (Lipinski definition) is 4. The molecule has 0 aliphatic rings. The normalized spacial score (nSPS) is 12.2. The van der Waals surface area contributed by atoms with Crippen molar-refractivity contribution in [2.24, 2.45) is 0 Å². The van der Waals surface area contributed by atoms with E-state index in [9.17, 15) is 16.8 Å². The van der Waals surface area contributed by atoms with Crippen molar-refractivity contribution >= 4 is 25.5 Å². The van der Waals surface area contributed by atoms with Crippen molar-refractivity contribution in [3.05, 3.63) is 52.6 Å². The third-order valence-corrected chi connectivity index (χ3v) is 6.88. The molecule has 0 amide bonds. The highest BCUT2D eigenvalue weighted by molar-refractivity contribution is 7.92. The first-order chi connectivity index (χ1) is 10.9. The maximum atomic E-state index is 12.8. The Morgan fingerprint density at radius 3 is 1.67 bits per heavy atom. The summed E-state index contributed by atoms with van der Waals surface area (Å²) in [5.74, 6) is 0. The van der Waals surface area contributed by atoms with Crippen LogP contribution in [-0.2, 0) is 19.9 Å². The van der Waals surface area contributed by atoms with Crippen molar-refractivity contribution in [1.82, 2.24) is 0 Å². The number of nitrogens with one attached hydrogen (secondary N) is 1. The summed E-state index contributed by atoms with van der Waals surface area (Å²) in [6.45, 7) is 7.32. The van der Waals surface area contributed by atoms with Gasteiger partial charge in [-0.05, 0) is 74.2 Å². The molecule has 5 nitrogen and oxygen atoms in total. The van der Waals surface area contributed by atoms with Crippen LogP contribution in [0.15, 0.2) is 40.1 Å². The van der Waals surface area contributed by atoms with Crippen LogP contribution in [0.25, 0.3) is 0 Å². The van der Waals surface area contributed by atoms with Gasteiger partial charge in [0.2, 0.25) is 0 Å². The van der Waals surface area contributed by atoms with Gasteiger partial charge >= 0.3 is 0 Å². The van der Waals surface area contributed by atoms with Crippen LogP contribution in [0.5, 0.6) is 0 Å². The van der Waals surface area contributed by atoms with E-state index in [1.807, 2.05) is 19.9 Å². The molecule has 0 spiro atoms. The number of sulfone groups is 1. The summed E-state index contributed by atoms with van der Waals surface area (Å²) < 4.78 is 51.1. The zero-order valence-corrected chi connectivity index (χ0v) is 16.0. The SMILES string of the molecule is Cc1cc(C)c(C)c(S(=O)(=O)Nc2ccc(S(C)(=O)=O)cc2)c1C. The third kappa shape index (κ3) is 3.62. The average molecular weight is 367 g/mol. The standard InChI is InChI=1S/C17H21NO4S2/c1-11-10-12(2)14(4)17(13(11)3)24(21,22)18-15-6-8-16(9-7-15)23(5,19)20/h6-10,18H,1-5H3. The number of hydrogen-bond donors (Lipinski definition) is 1. The van der Waals surface area contributed by atoms with E-state index in [0.29, 0.717) is 16.8 Å². The van der Waals surface area contributed by atoms with Crippen LogP contribution >= 0.6 is 0 Å². The maximum absolute atomic E-state index is 12.8. The molecular weight excluding hydrogens is 346 g/mol. The number of benzene rings is 2. The average Bonchev–Trinajstić information content (AvgIpc) is 2.44. The molecule has 24 heavy (non-hydrogen) atoms. The van der Waals surface area contributed by atoms with Gasteiger partial charge in [0.25, 0.3) is 10.0 Å². The Morgan fingerprint density at radius 1 is 0.792 bits per heavy atom. The lowest BCUT2D eigenvalue weighted by Gasteiger charge is -2.16. The van der Waals surface area contributed by atoms with Gasteiger partial charge in [-0.3, -0.25) is 4.72 Å². The van der Waals surface area contributed by atoms with Crippen LogP contribution in [0.2, 0.25) is 0 Å². The Morgan fingerprint density at radius 2 is 1.25 bits per heavy atom. The zero-order chi connectivity index (χ0) is 18.3. The third-order valence-electron chi connectivity index (χ3n) is 4.10. The predicted octanol–water partition coefficient (Wildman–Crippen LogP) is 3.12. The summed E-state index contributed by atoms with van der Waals surface area (Å²) in [5.41, 5.74) is 3.55. The van der Waals surface area contributed by atoms with E-state index >= 15 is 0 Å². The minimum absolute atomic E-state index is 0.143. The van der Waals surface area contributed by atoms with E-state index in [0.717, 1.165) is 17.4 Å². The summed E-state index contributed by atoms with van der Waals surface area (Å²) >= 11 is 0. The van der Waals surface area contributed by atoms with Crippen molar-refractivity contribution in [3.8, 4) is 0 Å². The molecule has 0 heterocycles. The smallest absolute Gasteiger partial charge is 0.262 e. The molecule has 2 aromatic rings. The fraction of sp³-hybridized carbons (Fsp3) is 0.294. The van der Waals surface area contributed by atoms with Crippen LogP contribution in [0.4, 0.5) is 5.69 Å². The minimum Gasteiger partial charge on any atom is -0.280 e. The molecule has 0 aliphatic heterocycles. The van der Waals surface area contributed by atoms with Crippen LogP contribution in [0.3, 0.4) is 0 Å². The van der Waals surface area contributed by atoms with Crippen LogP contribution in [-0.4, -0.2) is 23.1 Å². The van der Waals surface area contributed by atoms with Crippen molar-refractivity contribution < 1.29 is 16.8 Å². The summed E-state index contributed by atoms with van der Waals surface area (Å²) in [6.07, 6.45) is 1.11. The first-order valence-electron chi connectivity index (χ1n) is 7.34. The Labute approximate surface area is 143 Å². The summed E-state index contributed by atoms with van der Waals surface area (Å²) in [5, 5.41) is 0. The van der Waals surface area contributed by atoms with Gasteiger partial charge in [0, 0.05) is 11.9 Å². The van der Waals surface area contributed by atoms with Crippen molar-refractivity contribution in [1.29, 1.82) is 0 Å². The Bertz CT molecular complexity index is 964. The van der Waals surface area contributed by atoms with E-state index in [-0.39, 0.29) is 9.79 Å². The molecule has 0 aliphatic carbocycles. The van der Waals surface area contributed by atoms with E-state index in [1.165, 1.54) is 24.3 Å². The van der Waals surface area contributed by atoms with Gasteiger partial charge in [0.1, 0.15) is 0 Å². The molecule has 1 N–H and O–H groups in total. The first-order valence-corrected chi connectivity index (χ1v) is 10.7. The molecule has 0 fully saturated rings. The van der Waals surface area contributed by atoms with Crippen molar-refractivity contribution in [2.75, 3.05) is 11.0 Å². The molecule has 0 saturated carbocycles. The van der Waals surface area contributed by atoms with Gasteiger partial charge in [-0.2, -0.15) is 0 Å². The summed E-state index contributed by atoms with van der Waals surface area (Å²) in [6, 6.07) is 7.62. The molecule has 0 atom stereocenters. The second-order valence-electron chi connectivity index (χ2n) is 5.99. The molecular formula is C17H21NO4S2. The molecule has 0 unspecified atom stereocenters. The predicted molar refractivity (Wildman–Crippen MR) is 95.8 cm³/mol. The van der Waals surface area contributed by atoms with Gasteiger partial charge in [0.15, 0.2) is 9.84 Å². The van der Waals surface area contributed by atoms with Gasteiger partial charge in [0.05, 0.1) is 9.79 Å². The number of aryl methyl sites for hydroxylation is 2. The van der Waals surface area contributed by atoms with E-state index in [1.54, 1.807) is 13.8 Å². The first kappa shape index (κ1) is 18.5. The zero-order valence-electron chi connectivity index (χ0n) is 14.3. The molecule has 7 heteroatoms. The van der Waals surface area contributed by atoms with Crippen LogP contribution < -0.4 is 4.72 Å². The topological polar surface area (TPSA) is 80.3 Å². The Kier molecular flexibility index (Phi) is 4.79. The fourth-order valence-electron chi connectivity index (χ4n) is 2.56. The lowest BCUT2D eigenvalue weighted by atomic mass is 10.0. The highest BCUT2D eigenvalue weighted by atomic mass is 32.2. The molecule has 0 radical (unpaired) electrons. The van der Waals surface area contributed by atoms with Gasteiger partial charge in [-0.15, -0.1) is 0 Å². The second kappa shape index (κ2) is 6.22. The number of sulfonamides is 1. The number of rotatable bonds is 4. The minimum atomic E-state index is -3.77. The summed E-state index contributed by atoms with van der Waals surface area (Å²) in [7, 11) is -7.08. The molecule has 0 saturated heterocycles. The Hall–Kier alpha value is -1.86. The van der Waals surface area contributed by atoms with E-state index in [2.05, 4.69) is 4.72 Å². The fourth-order valence-corrected chi connectivity index (χ4v) is 4.87. The van der Waals surface area contributed by atoms with E-state index in [4.69, 9.17) is 0 Å². The maximum Gasteiger partial charge on any atom is 0.262 e. The van der Waals surface area contributed by atoms with E-state index < -0.39 is 19.9 Å². The molecule has 0 bridgehead atoms. The number of anilines is 1. The molecule has 130 valence electrons. The highest BCUT2D eigenvalue weighted by Crippen LogP contribution is 2.28. The highest BCUT2D eigenvalue weighted by Gasteiger charge is 2.22. The lowest BCUT2D eigenvalue weighted by molar-refractivity contribution is 0.599. The second-order valence-corrected chi connectivity index (χ2v) is 9.63. The van der Waals surface area contributed by atoms with Gasteiger partial charge in [-0.1, -0.05) is 6.07 Å². The quantitative estimate of drug-likeness (QED) is 0.900. The largest absolute Gasteiger partial charge is 0.280 e. The van der Waals surface area contributed by atoms with Crippen LogP contribution in [0.1, 0.15) is 22.3 Å². The Balaban J connectivity index is 2.47. The summed E-state index contributed by atoms with van der Waals surface area (Å²) in [4.78, 5) is 0.413. The van der Waals surface area contributed by atoms with Crippen molar-refractivity contribution in [3.63, 3.8) is 0 Å². The monoisotopic (exact) mass is 367 g/mol. The van der Waals surface area contributed by atoms with Crippen molar-refractivity contribution in [2.45, 2.75) is 37.5 Å². The molecule has 2 aromatic carbocycles. The lowest BCUT2D eigenvalue weighted by Crippen LogP contribution is -2.17. The van der Waals surface area contributed by atoms with Crippen LogP contribution in [0, 0.1) is 27.7 Å². The van der Waals surface area contributed by atoms with Gasteiger partial charge in [-0.25, -0.2) is 16.8 Å². The molecule has 2 rings (SSSR count). The van der Waals surface area contributed by atoms with Gasteiger partial charge < -0.3 is 0 Å².